The number of nitrogens with zero attached hydrogens (tertiary/aromatic N) is 2. The lowest BCUT2D eigenvalue weighted by molar-refractivity contribution is -0.132. The highest BCUT2D eigenvalue weighted by atomic mass is 16.2. The molecule has 1 unspecified atom stereocenters. The van der Waals surface area contributed by atoms with Gasteiger partial charge in [0.05, 0.1) is 18.0 Å². The van der Waals surface area contributed by atoms with Gasteiger partial charge in [-0.1, -0.05) is 19.8 Å². The van der Waals surface area contributed by atoms with Gasteiger partial charge < -0.3 is 10.6 Å². The van der Waals surface area contributed by atoms with Crippen molar-refractivity contribution in [2.75, 3.05) is 13.1 Å². The van der Waals surface area contributed by atoms with Gasteiger partial charge in [-0.2, -0.15) is 5.26 Å². The Morgan fingerprint density at radius 2 is 2.12 bits per heavy atom. The minimum absolute atomic E-state index is 0.0296. The number of hydrogen-bond donors (Lipinski definition) is 1. The molecule has 0 aliphatic rings. The molecule has 0 bridgehead atoms. The fraction of sp³-hybridized carbons (Fsp3) is 0.833. The third-order valence-electron chi connectivity index (χ3n) is 2.59. The molecule has 0 fully saturated rings. The number of hydrogen-bond acceptors (Lipinski definition) is 3. The molecule has 2 atom stereocenters. The van der Waals surface area contributed by atoms with Crippen molar-refractivity contribution in [3.8, 4) is 6.07 Å². The molecule has 0 radical (unpaired) electrons. The lowest BCUT2D eigenvalue weighted by Crippen LogP contribution is -2.45. The lowest BCUT2D eigenvalue weighted by atomic mass is 10.1. The van der Waals surface area contributed by atoms with Crippen LogP contribution in [0, 0.1) is 17.2 Å². The summed E-state index contributed by atoms with van der Waals surface area (Å²) in [7, 11) is 0. The van der Waals surface area contributed by atoms with Crippen molar-refractivity contribution in [1.29, 1.82) is 5.26 Å². The molecule has 0 saturated carbocycles. The average molecular weight is 225 g/mol. The predicted octanol–water partition coefficient (Wildman–Crippen LogP) is 1.51. The fourth-order valence-corrected chi connectivity index (χ4v) is 1.53. The van der Waals surface area contributed by atoms with Crippen LogP contribution in [0.5, 0.6) is 0 Å². The first-order valence-electron chi connectivity index (χ1n) is 6.00. The average Bonchev–Trinajstić information content (AvgIpc) is 2.31. The summed E-state index contributed by atoms with van der Waals surface area (Å²) in [6, 6.07) is 1.72. The van der Waals surface area contributed by atoms with Gasteiger partial charge in [0.2, 0.25) is 5.91 Å². The number of carbonyl (C=O) groups excluding carboxylic acids is 1. The molecular formula is C12H23N3O. The molecule has 4 heteroatoms. The monoisotopic (exact) mass is 225 g/mol. The van der Waals surface area contributed by atoms with Crippen LogP contribution in [0.2, 0.25) is 0 Å². The molecule has 0 saturated heterocycles. The van der Waals surface area contributed by atoms with Gasteiger partial charge in [0.15, 0.2) is 0 Å². The van der Waals surface area contributed by atoms with Gasteiger partial charge in [0.25, 0.3) is 0 Å². The van der Waals surface area contributed by atoms with Gasteiger partial charge in [-0.05, 0) is 20.3 Å². The Balaban J connectivity index is 4.24. The molecule has 0 aromatic heterocycles. The fourth-order valence-electron chi connectivity index (χ4n) is 1.53. The number of likely N-dealkylation sites (N-methyl/N-ethyl adjacent to an activating group) is 1. The van der Waals surface area contributed by atoms with Crippen LogP contribution in [-0.4, -0.2) is 29.9 Å². The van der Waals surface area contributed by atoms with E-state index in [1.165, 1.54) is 0 Å². The smallest absolute Gasteiger partial charge is 0.239 e. The molecule has 1 amide bonds. The Morgan fingerprint density at radius 1 is 1.50 bits per heavy atom. The quantitative estimate of drug-likeness (QED) is 0.714. The van der Waals surface area contributed by atoms with E-state index >= 15 is 0 Å². The van der Waals surface area contributed by atoms with Crippen molar-refractivity contribution in [2.24, 2.45) is 11.7 Å². The zero-order valence-electron chi connectivity index (χ0n) is 10.6. The third-order valence-corrected chi connectivity index (χ3v) is 2.59. The molecule has 0 aromatic carbocycles. The summed E-state index contributed by atoms with van der Waals surface area (Å²) in [5.41, 5.74) is 5.82. The molecule has 0 aliphatic heterocycles. The van der Waals surface area contributed by atoms with Crippen LogP contribution in [-0.2, 0) is 4.79 Å². The van der Waals surface area contributed by atoms with Crippen LogP contribution < -0.4 is 5.73 Å². The molecule has 0 spiro atoms. The Kier molecular flexibility index (Phi) is 7.57. The van der Waals surface area contributed by atoms with Gasteiger partial charge in [-0.25, -0.2) is 0 Å². The molecule has 0 rings (SSSR count). The van der Waals surface area contributed by atoms with Crippen molar-refractivity contribution in [2.45, 2.75) is 46.1 Å². The zero-order valence-corrected chi connectivity index (χ0v) is 10.6. The third kappa shape index (κ3) is 5.13. The normalized spacial score (nSPS) is 13.9. The molecule has 4 nitrogen and oxygen atoms in total. The Hall–Kier alpha value is -1.08. The van der Waals surface area contributed by atoms with Crippen LogP contribution in [0.1, 0.15) is 40.0 Å². The van der Waals surface area contributed by atoms with E-state index in [0.29, 0.717) is 13.1 Å². The van der Waals surface area contributed by atoms with Crippen molar-refractivity contribution in [3.63, 3.8) is 0 Å². The van der Waals surface area contributed by atoms with Crippen LogP contribution in [0.15, 0.2) is 0 Å². The molecule has 2 N–H and O–H groups in total. The molecule has 16 heavy (non-hydrogen) atoms. The van der Waals surface area contributed by atoms with E-state index in [2.05, 4.69) is 13.0 Å². The van der Waals surface area contributed by atoms with Crippen molar-refractivity contribution in [1.82, 2.24) is 4.90 Å². The molecular weight excluding hydrogens is 202 g/mol. The second-order valence-electron chi connectivity index (χ2n) is 4.16. The van der Waals surface area contributed by atoms with E-state index in [1.54, 1.807) is 4.90 Å². The largest absolute Gasteiger partial charge is 0.340 e. The maximum absolute atomic E-state index is 11.9. The predicted molar refractivity (Wildman–Crippen MR) is 64.5 cm³/mol. The number of nitrogens with two attached hydrogens (primary N) is 1. The summed E-state index contributed by atoms with van der Waals surface area (Å²) in [5, 5.41) is 8.72. The highest BCUT2D eigenvalue weighted by molar-refractivity contribution is 5.81. The first-order valence-corrected chi connectivity index (χ1v) is 6.00. The van der Waals surface area contributed by atoms with E-state index in [-0.39, 0.29) is 11.8 Å². The van der Waals surface area contributed by atoms with Crippen molar-refractivity contribution < 1.29 is 4.79 Å². The first-order chi connectivity index (χ1) is 7.56. The number of unbranched alkanes of at least 4 members (excludes halogenated alkanes) is 1. The number of amides is 1. The van der Waals surface area contributed by atoms with E-state index in [1.807, 2.05) is 13.8 Å². The highest BCUT2D eigenvalue weighted by Gasteiger charge is 2.20. The van der Waals surface area contributed by atoms with Gasteiger partial charge in [-0.3, -0.25) is 4.79 Å². The van der Waals surface area contributed by atoms with Gasteiger partial charge in [0.1, 0.15) is 0 Å². The van der Waals surface area contributed by atoms with E-state index < -0.39 is 6.04 Å². The minimum atomic E-state index is -0.411. The Bertz CT molecular complexity index is 247. The topological polar surface area (TPSA) is 70.1 Å². The summed E-state index contributed by atoms with van der Waals surface area (Å²) >= 11 is 0. The Labute approximate surface area is 98.4 Å². The highest BCUT2D eigenvalue weighted by Crippen LogP contribution is 2.05. The SMILES string of the molecule is CCCC[C@H](N)C(=O)N(CC)CC(C)C#N. The summed E-state index contributed by atoms with van der Waals surface area (Å²) in [6.45, 7) is 6.89. The van der Waals surface area contributed by atoms with E-state index in [9.17, 15) is 4.79 Å². The van der Waals surface area contributed by atoms with E-state index in [4.69, 9.17) is 11.0 Å². The second kappa shape index (κ2) is 8.12. The van der Waals surface area contributed by atoms with Gasteiger partial charge >= 0.3 is 0 Å². The van der Waals surface area contributed by atoms with Gasteiger partial charge in [0, 0.05) is 13.1 Å². The maximum atomic E-state index is 11.9. The van der Waals surface area contributed by atoms with Crippen molar-refractivity contribution in [3.05, 3.63) is 0 Å². The standard InChI is InChI=1S/C12H23N3O/c1-4-6-7-11(14)12(16)15(5-2)9-10(3)8-13/h10-11H,4-7,9,14H2,1-3H3/t10?,11-/m0/s1. The second-order valence-corrected chi connectivity index (χ2v) is 4.16. The molecule has 92 valence electrons. The van der Waals surface area contributed by atoms with Crippen molar-refractivity contribution >= 4 is 5.91 Å². The zero-order chi connectivity index (χ0) is 12.6. The molecule has 0 aromatic rings. The Morgan fingerprint density at radius 3 is 2.56 bits per heavy atom. The van der Waals surface area contributed by atoms with E-state index in [0.717, 1.165) is 19.3 Å². The summed E-state index contributed by atoms with van der Waals surface area (Å²) in [4.78, 5) is 13.6. The maximum Gasteiger partial charge on any atom is 0.239 e. The summed E-state index contributed by atoms with van der Waals surface area (Å²) in [5.74, 6) is -0.166. The lowest BCUT2D eigenvalue weighted by Gasteiger charge is -2.25. The molecule has 0 heterocycles. The summed E-state index contributed by atoms with van der Waals surface area (Å²) in [6.07, 6.45) is 2.74. The number of rotatable bonds is 7. The van der Waals surface area contributed by atoms with Crippen LogP contribution >= 0.6 is 0 Å². The number of nitriles is 1. The van der Waals surface area contributed by atoms with Gasteiger partial charge in [-0.15, -0.1) is 0 Å². The minimum Gasteiger partial charge on any atom is -0.340 e. The van der Waals surface area contributed by atoms with Crippen LogP contribution in [0.25, 0.3) is 0 Å². The van der Waals surface area contributed by atoms with Crippen LogP contribution in [0.4, 0.5) is 0 Å². The first kappa shape index (κ1) is 14.9. The number of carbonyl (C=O) groups is 1. The summed E-state index contributed by atoms with van der Waals surface area (Å²) < 4.78 is 0. The van der Waals surface area contributed by atoms with Crippen LogP contribution in [0.3, 0.4) is 0 Å². The molecule has 0 aliphatic carbocycles.